The first-order valence-corrected chi connectivity index (χ1v) is 13.2. The lowest BCUT2D eigenvalue weighted by atomic mass is 9.71. The number of amides is 1. The second kappa shape index (κ2) is 9.75. The van der Waals surface area contributed by atoms with E-state index >= 15 is 0 Å². The number of carbonyl (C=O) groups excluding carboxylic acids is 1. The Balaban J connectivity index is 1.46. The predicted molar refractivity (Wildman–Crippen MR) is 151 cm³/mol. The van der Waals surface area contributed by atoms with Crippen LogP contribution in [0.15, 0.2) is 88.7 Å². The highest BCUT2D eigenvalue weighted by Gasteiger charge is 2.41. The van der Waals surface area contributed by atoms with Crippen LogP contribution >= 0.6 is 0 Å². The highest BCUT2D eigenvalue weighted by atomic mass is 16.6. The van der Waals surface area contributed by atoms with Gasteiger partial charge in [-0.05, 0) is 57.2 Å². The van der Waals surface area contributed by atoms with Crippen LogP contribution < -0.4 is 10.7 Å². The van der Waals surface area contributed by atoms with E-state index < -0.39 is 17.2 Å². The summed E-state index contributed by atoms with van der Waals surface area (Å²) >= 11 is 0. The molecule has 1 N–H and O–H groups in total. The van der Waals surface area contributed by atoms with Crippen molar-refractivity contribution in [3.8, 4) is 28.3 Å². The van der Waals surface area contributed by atoms with Crippen molar-refractivity contribution in [3.05, 3.63) is 95.3 Å². The predicted octanol–water partition coefficient (Wildman–Crippen LogP) is 6.01. The van der Waals surface area contributed by atoms with E-state index in [1.54, 1.807) is 16.8 Å². The quantitative estimate of drug-likeness (QED) is 0.293. The summed E-state index contributed by atoms with van der Waals surface area (Å²) in [5, 5.41) is 11.2. The molecule has 1 saturated carbocycles. The number of aromatic nitrogens is 4. The highest BCUT2D eigenvalue weighted by Crippen LogP contribution is 2.42. The average molecular weight is 536 g/mol. The van der Waals surface area contributed by atoms with Gasteiger partial charge in [-0.1, -0.05) is 54.6 Å². The first-order valence-electron chi connectivity index (χ1n) is 13.2. The number of nitrogens with zero attached hydrogens (tertiary/aromatic N) is 4. The van der Waals surface area contributed by atoms with Crippen LogP contribution in [0.2, 0.25) is 0 Å². The number of pyridine rings is 1. The Labute approximate surface area is 230 Å². The van der Waals surface area contributed by atoms with Gasteiger partial charge < -0.3 is 14.5 Å². The number of carbonyl (C=O) groups is 1. The molecule has 1 fully saturated rings. The average Bonchev–Trinajstić information content (AvgIpc) is 3.45. The maximum atomic E-state index is 14.1. The topological polar surface area (TPSA) is 112 Å². The smallest absolute Gasteiger partial charge is 0.408 e. The van der Waals surface area contributed by atoms with Crippen molar-refractivity contribution < 1.29 is 13.9 Å². The zero-order valence-corrected chi connectivity index (χ0v) is 22.5. The maximum Gasteiger partial charge on any atom is 0.408 e. The van der Waals surface area contributed by atoms with Gasteiger partial charge in [0.1, 0.15) is 24.0 Å². The second-order valence-corrected chi connectivity index (χ2v) is 11.0. The van der Waals surface area contributed by atoms with Gasteiger partial charge >= 0.3 is 6.09 Å². The monoisotopic (exact) mass is 535 g/mol. The fourth-order valence-electron chi connectivity index (χ4n) is 5.13. The number of rotatable bonds is 5. The van der Waals surface area contributed by atoms with Crippen LogP contribution in [0.1, 0.15) is 45.6 Å². The number of hydrogen-bond acceptors (Lipinski definition) is 7. The molecule has 0 bridgehead atoms. The standard InChI is InChI=1S/C31H29N5O4/c1-30(2,3)40-29(38)35-31(15-7-16-31)22-12-10-20(11-13-22)24-25(37)23-14-17-32-28(36-18-33-34-19-36)27(23)39-26(24)21-8-5-4-6-9-21/h4-6,8-14,17-19H,7,15-16H2,1-3H3,(H,35,38). The van der Waals surface area contributed by atoms with Gasteiger partial charge in [-0.15, -0.1) is 10.2 Å². The third kappa shape index (κ3) is 4.64. The lowest BCUT2D eigenvalue weighted by molar-refractivity contribution is 0.0377. The maximum absolute atomic E-state index is 14.1. The van der Waals surface area contributed by atoms with Crippen LogP contribution in [-0.2, 0) is 10.3 Å². The molecule has 2 aromatic carbocycles. The summed E-state index contributed by atoms with van der Waals surface area (Å²) in [6, 6.07) is 19.0. The highest BCUT2D eigenvalue weighted by molar-refractivity contribution is 5.91. The minimum absolute atomic E-state index is 0.171. The van der Waals surface area contributed by atoms with Crippen molar-refractivity contribution in [3.63, 3.8) is 0 Å². The molecule has 202 valence electrons. The minimum atomic E-state index is -0.583. The molecule has 5 aromatic rings. The molecule has 40 heavy (non-hydrogen) atoms. The molecule has 0 atom stereocenters. The molecule has 0 radical (unpaired) electrons. The second-order valence-electron chi connectivity index (χ2n) is 11.0. The van der Waals surface area contributed by atoms with E-state index in [1.165, 1.54) is 12.7 Å². The normalized spacial score (nSPS) is 14.5. The van der Waals surface area contributed by atoms with E-state index in [9.17, 15) is 9.59 Å². The summed E-state index contributed by atoms with van der Waals surface area (Å²) in [7, 11) is 0. The Morgan fingerprint density at radius 3 is 2.30 bits per heavy atom. The summed E-state index contributed by atoms with van der Waals surface area (Å²) in [4.78, 5) is 31.1. The Morgan fingerprint density at radius 1 is 0.975 bits per heavy atom. The van der Waals surface area contributed by atoms with Gasteiger partial charge in [-0.2, -0.15) is 0 Å². The van der Waals surface area contributed by atoms with E-state index in [0.717, 1.165) is 30.4 Å². The fraction of sp³-hybridized carbons (Fsp3) is 0.258. The molecule has 0 spiro atoms. The minimum Gasteiger partial charge on any atom is -0.451 e. The Morgan fingerprint density at radius 2 is 1.68 bits per heavy atom. The molecule has 0 saturated heterocycles. The van der Waals surface area contributed by atoms with E-state index in [-0.39, 0.29) is 5.43 Å². The van der Waals surface area contributed by atoms with Gasteiger partial charge in [0.05, 0.1) is 16.5 Å². The third-order valence-electron chi connectivity index (χ3n) is 7.16. The number of ether oxygens (including phenoxy) is 1. The number of fused-ring (bicyclic) bond motifs is 1. The third-order valence-corrected chi connectivity index (χ3v) is 7.16. The fourth-order valence-corrected chi connectivity index (χ4v) is 5.13. The summed E-state index contributed by atoms with van der Waals surface area (Å²) < 4.78 is 13.6. The van der Waals surface area contributed by atoms with Crippen molar-refractivity contribution >= 4 is 17.1 Å². The molecule has 6 rings (SSSR count). The zero-order chi connectivity index (χ0) is 27.9. The van der Waals surface area contributed by atoms with Crippen LogP contribution in [0.5, 0.6) is 0 Å². The lowest BCUT2D eigenvalue weighted by Gasteiger charge is -2.43. The van der Waals surface area contributed by atoms with E-state index in [2.05, 4.69) is 20.5 Å². The molecular formula is C31H29N5O4. The van der Waals surface area contributed by atoms with E-state index in [0.29, 0.717) is 33.7 Å². The Bertz CT molecular complexity index is 1730. The molecule has 0 unspecified atom stereocenters. The van der Waals surface area contributed by atoms with E-state index in [4.69, 9.17) is 9.15 Å². The summed E-state index contributed by atoms with van der Waals surface area (Å²) in [5.74, 6) is 0.872. The van der Waals surface area contributed by atoms with Crippen LogP contribution in [0.25, 0.3) is 39.2 Å². The van der Waals surface area contributed by atoms with Crippen LogP contribution in [0.4, 0.5) is 4.79 Å². The molecule has 9 nitrogen and oxygen atoms in total. The summed E-state index contributed by atoms with van der Waals surface area (Å²) in [5.41, 5.74) is 2.01. The number of hydrogen-bond donors (Lipinski definition) is 1. The molecule has 1 aliphatic carbocycles. The molecule has 1 aliphatic rings. The number of benzene rings is 2. The SMILES string of the molecule is CC(C)(C)OC(=O)NC1(c2ccc(-c3c(-c4ccccc4)oc4c(-n5cnnc5)nccc4c3=O)cc2)CCC1. The van der Waals surface area contributed by atoms with Crippen LogP contribution in [0, 0.1) is 0 Å². The van der Waals surface area contributed by atoms with Gasteiger partial charge in [-0.25, -0.2) is 9.78 Å². The van der Waals surface area contributed by atoms with Crippen molar-refractivity contribution in [2.75, 3.05) is 0 Å². The molecule has 9 heteroatoms. The van der Waals surface area contributed by atoms with Crippen molar-refractivity contribution in [1.82, 2.24) is 25.1 Å². The summed E-state index contributed by atoms with van der Waals surface area (Å²) in [6.45, 7) is 5.54. The first-order chi connectivity index (χ1) is 19.2. The van der Waals surface area contributed by atoms with E-state index in [1.807, 2.05) is 75.4 Å². The first kappa shape index (κ1) is 25.5. The number of nitrogens with one attached hydrogen (secondary N) is 1. The van der Waals surface area contributed by atoms with Gasteiger partial charge in [0.15, 0.2) is 11.4 Å². The van der Waals surface area contributed by atoms with Crippen molar-refractivity contribution in [2.24, 2.45) is 0 Å². The Hall–Kier alpha value is -4.79. The van der Waals surface area contributed by atoms with Gasteiger partial charge in [-0.3, -0.25) is 9.36 Å². The van der Waals surface area contributed by atoms with Gasteiger partial charge in [0, 0.05) is 11.8 Å². The van der Waals surface area contributed by atoms with Crippen molar-refractivity contribution in [2.45, 2.75) is 51.2 Å². The largest absolute Gasteiger partial charge is 0.451 e. The van der Waals surface area contributed by atoms with Crippen LogP contribution in [0.3, 0.4) is 0 Å². The molecule has 0 aliphatic heterocycles. The molecule has 3 heterocycles. The zero-order valence-electron chi connectivity index (χ0n) is 22.5. The molecule has 1 amide bonds. The molecule has 3 aromatic heterocycles. The van der Waals surface area contributed by atoms with Crippen molar-refractivity contribution in [1.29, 1.82) is 0 Å². The van der Waals surface area contributed by atoms with Gasteiger partial charge in [0.25, 0.3) is 0 Å². The lowest BCUT2D eigenvalue weighted by Crippen LogP contribution is -2.52. The number of alkyl carbamates (subject to hydrolysis) is 1. The van der Waals surface area contributed by atoms with Gasteiger partial charge in [0.2, 0.25) is 5.43 Å². The Kier molecular flexibility index (Phi) is 6.21. The summed E-state index contributed by atoms with van der Waals surface area (Å²) in [6.07, 6.45) is 6.81. The van der Waals surface area contributed by atoms with Crippen LogP contribution in [-0.4, -0.2) is 31.4 Å². The molecular weight excluding hydrogens is 506 g/mol.